The molecule has 0 fully saturated rings. The SMILES string of the molecule is C=Cc1c(C2=CC(=C)N(/N=C\C)C=C2)c[nH]c1N=C.CC.c1cnc2[nH]cc(-c3ccc4nccn4n3)c2c1. The summed E-state index contributed by atoms with van der Waals surface area (Å²) < 4.78 is 1.77. The van der Waals surface area contributed by atoms with E-state index in [0.29, 0.717) is 0 Å². The highest BCUT2D eigenvalue weighted by Gasteiger charge is 2.14. The van der Waals surface area contributed by atoms with Gasteiger partial charge < -0.3 is 9.97 Å². The summed E-state index contributed by atoms with van der Waals surface area (Å²) in [6.45, 7) is 17.2. The van der Waals surface area contributed by atoms with E-state index in [-0.39, 0.29) is 0 Å². The standard InChI is InChI=1S/C15H16N4.C13H9N5.C2H6/c1-5-13-14(10-17-15(13)16-4)12-7-8-19(18-6-2)11(3)9-12;1-2-9-10(8-16-13(9)15-5-1)11-3-4-12-14-6-7-18(12)17-11;1-2/h5-10,17H,1,3-4H2,2H3;1-8H,(H,15,16);1-2H3/b18-6-;;. The number of nitrogens with zero attached hydrogens (tertiary/aromatic N) is 7. The Morgan fingerprint density at radius 1 is 1.03 bits per heavy atom. The topological polar surface area (TPSA) is 103 Å². The van der Waals surface area contributed by atoms with Crippen LogP contribution < -0.4 is 0 Å². The van der Waals surface area contributed by atoms with Gasteiger partial charge in [-0.1, -0.05) is 33.1 Å². The van der Waals surface area contributed by atoms with Crippen LogP contribution in [0.1, 0.15) is 31.9 Å². The zero-order chi connectivity index (χ0) is 27.8. The Bertz CT molecular complexity index is 1710. The fraction of sp³-hybridized carbons (Fsp3) is 0.100. The van der Waals surface area contributed by atoms with Crippen molar-refractivity contribution in [2.45, 2.75) is 20.8 Å². The highest BCUT2D eigenvalue weighted by Crippen LogP contribution is 2.32. The molecular formula is C30H31N9. The lowest BCUT2D eigenvalue weighted by Gasteiger charge is -2.19. The van der Waals surface area contributed by atoms with Crippen molar-refractivity contribution in [3.63, 3.8) is 0 Å². The molecule has 0 amide bonds. The molecule has 9 nitrogen and oxygen atoms in total. The summed E-state index contributed by atoms with van der Waals surface area (Å²) >= 11 is 0. The first-order valence-corrected chi connectivity index (χ1v) is 12.5. The summed E-state index contributed by atoms with van der Waals surface area (Å²) in [4.78, 5) is 18.6. The Kier molecular flexibility index (Phi) is 8.43. The minimum Gasteiger partial charge on any atom is -0.346 e. The number of aromatic nitrogens is 6. The molecule has 0 radical (unpaired) electrons. The maximum atomic E-state index is 4.53. The Hall–Kier alpha value is -5.31. The first kappa shape index (κ1) is 26.7. The lowest BCUT2D eigenvalue weighted by Crippen LogP contribution is -2.10. The summed E-state index contributed by atoms with van der Waals surface area (Å²) in [7, 11) is 0. The van der Waals surface area contributed by atoms with Crippen LogP contribution in [0.25, 0.3) is 39.6 Å². The number of nitrogens with one attached hydrogen (secondary N) is 2. The number of H-pyrrole nitrogens is 2. The third-order valence-electron chi connectivity index (χ3n) is 5.81. The lowest BCUT2D eigenvalue weighted by atomic mass is 10.0. The van der Waals surface area contributed by atoms with Gasteiger partial charge in [-0.15, -0.1) is 0 Å². The molecular weight excluding hydrogens is 486 g/mol. The number of pyridine rings is 1. The number of aromatic amines is 2. The molecule has 2 N–H and O–H groups in total. The van der Waals surface area contributed by atoms with Gasteiger partial charge in [0.25, 0.3) is 0 Å². The molecule has 1 aliphatic rings. The minimum atomic E-state index is 0.721. The molecule has 6 heterocycles. The second-order valence-corrected chi connectivity index (χ2v) is 8.00. The maximum Gasteiger partial charge on any atom is 0.153 e. The van der Waals surface area contributed by atoms with Crippen LogP contribution in [-0.2, 0) is 0 Å². The summed E-state index contributed by atoms with van der Waals surface area (Å²) in [6, 6.07) is 7.89. The first-order valence-electron chi connectivity index (χ1n) is 12.5. The third kappa shape index (κ3) is 5.52. The average molecular weight is 518 g/mol. The zero-order valence-electron chi connectivity index (χ0n) is 22.3. The number of allylic oxidation sites excluding steroid dienone is 3. The zero-order valence-corrected chi connectivity index (χ0v) is 22.3. The highest BCUT2D eigenvalue weighted by molar-refractivity contribution is 5.92. The molecule has 9 heteroatoms. The number of hydrazone groups is 1. The van der Waals surface area contributed by atoms with Crippen molar-refractivity contribution in [2.75, 3.05) is 0 Å². The van der Waals surface area contributed by atoms with E-state index in [1.807, 2.05) is 82.0 Å². The van der Waals surface area contributed by atoms with E-state index in [1.54, 1.807) is 34.2 Å². The maximum absolute atomic E-state index is 4.53. The molecule has 1 aliphatic heterocycles. The molecule has 6 rings (SSSR count). The van der Waals surface area contributed by atoms with E-state index < -0.39 is 0 Å². The average Bonchev–Trinajstić information content (AvgIpc) is 3.73. The van der Waals surface area contributed by atoms with E-state index in [0.717, 1.165) is 56.2 Å². The third-order valence-corrected chi connectivity index (χ3v) is 5.81. The van der Waals surface area contributed by atoms with Gasteiger partial charge in [0.05, 0.1) is 11.4 Å². The number of rotatable bonds is 5. The van der Waals surface area contributed by atoms with Gasteiger partial charge >= 0.3 is 0 Å². The van der Waals surface area contributed by atoms with E-state index >= 15 is 0 Å². The van der Waals surface area contributed by atoms with Gasteiger partial charge in [0, 0.05) is 65.5 Å². The summed E-state index contributed by atoms with van der Waals surface area (Å²) in [5.74, 6) is 0.721. The van der Waals surface area contributed by atoms with E-state index in [1.165, 1.54) is 0 Å². The molecule has 5 aromatic rings. The fourth-order valence-corrected chi connectivity index (χ4v) is 4.07. The molecule has 5 aromatic heterocycles. The molecule has 196 valence electrons. The van der Waals surface area contributed by atoms with Crippen molar-refractivity contribution in [1.82, 2.24) is 34.6 Å². The molecule has 0 aromatic carbocycles. The van der Waals surface area contributed by atoms with Gasteiger partial charge in [-0.25, -0.2) is 24.5 Å². The largest absolute Gasteiger partial charge is 0.346 e. The summed E-state index contributed by atoms with van der Waals surface area (Å²) in [5.41, 5.74) is 7.47. The van der Waals surface area contributed by atoms with Crippen molar-refractivity contribution in [2.24, 2.45) is 10.1 Å². The quantitative estimate of drug-likeness (QED) is 0.245. The predicted octanol–water partition coefficient (Wildman–Crippen LogP) is 7.02. The number of hydrogen-bond donors (Lipinski definition) is 2. The first-order chi connectivity index (χ1) is 19.1. The molecule has 0 saturated carbocycles. The van der Waals surface area contributed by atoms with Crippen molar-refractivity contribution in [3.05, 3.63) is 104 Å². The minimum absolute atomic E-state index is 0.721. The van der Waals surface area contributed by atoms with Crippen LogP contribution in [0.5, 0.6) is 0 Å². The monoisotopic (exact) mass is 517 g/mol. The normalized spacial score (nSPS) is 12.6. The fourth-order valence-electron chi connectivity index (χ4n) is 4.07. The van der Waals surface area contributed by atoms with Gasteiger partial charge in [-0.05, 0) is 55.6 Å². The van der Waals surface area contributed by atoms with Gasteiger partial charge in [0.15, 0.2) is 5.65 Å². The second-order valence-electron chi connectivity index (χ2n) is 8.00. The van der Waals surface area contributed by atoms with Crippen LogP contribution >= 0.6 is 0 Å². The Balaban J connectivity index is 0.000000170. The smallest absolute Gasteiger partial charge is 0.153 e. The Labute approximate surface area is 227 Å². The number of aliphatic imine (C=N–C) groups is 1. The van der Waals surface area contributed by atoms with Crippen LogP contribution in [0.15, 0.2) is 103 Å². The van der Waals surface area contributed by atoms with Gasteiger partial charge in [0.2, 0.25) is 0 Å². The van der Waals surface area contributed by atoms with E-state index in [9.17, 15) is 0 Å². The predicted molar refractivity (Wildman–Crippen MR) is 162 cm³/mol. The van der Waals surface area contributed by atoms with Crippen LogP contribution in [0.3, 0.4) is 0 Å². The van der Waals surface area contributed by atoms with E-state index in [4.69, 9.17) is 0 Å². The van der Waals surface area contributed by atoms with Gasteiger partial charge in [-0.3, -0.25) is 0 Å². The van der Waals surface area contributed by atoms with Crippen molar-refractivity contribution >= 4 is 47.1 Å². The second kappa shape index (κ2) is 12.3. The number of hydrogen-bond acceptors (Lipinski definition) is 6. The van der Waals surface area contributed by atoms with Crippen molar-refractivity contribution < 1.29 is 0 Å². The summed E-state index contributed by atoms with van der Waals surface area (Å²) in [6.07, 6.45) is 18.5. The molecule has 0 aliphatic carbocycles. The van der Waals surface area contributed by atoms with Crippen LogP contribution in [0.4, 0.5) is 5.82 Å². The van der Waals surface area contributed by atoms with Crippen molar-refractivity contribution in [3.8, 4) is 11.3 Å². The Morgan fingerprint density at radius 2 is 1.85 bits per heavy atom. The molecule has 39 heavy (non-hydrogen) atoms. The molecule has 0 bridgehead atoms. The lowest BCUT2D eigenvalue weighted by molar-refractivity contribution is 0.516. The molecule has 0 atom stereocenters. The number of imidazole rings is 1. The van der Waals surface area contributed by atoms with Gasteiger partial charge in [-0.2, -0.15) is 10.2 Å². The van der Waals surface area contributed by atoms with Crippen molar-refractivity contribution in [1.29, 1.82) is 0 Å². The summed E-state index contributed by atoms with van der Waals surface area (Å²) in [5, 5.41) is 11.5. The molecule has 0 unspecified atom stereocenters. The molecule has 0 spiro atoms. The number of fused-ring (bicyclic) bond motifs is 2. The van der Waals surface area contributed by atoms with Crippen LogP contribution in [0, 0.1) is 0 Å². The van der Waals surface area contributed by atoms with Crippen LogP contribution in [-0.4, -0.2) is 47.5 Å². The van der Waals surface area contributed by atoms with Gasteiger partial charge in [0.1, 0.15) is 11.5 Å². The highest BCUT2D eigenvalue weighted by atomic mass is 15.4. The van der Waals surface area contributed by atoms with E-state index in [2.05, 4.69) is 55.0 Å². The Morgan fingerprint density at radius 3 is 2.59 bits per heavy atom. The molecule has 0 saturated heterocycles. The van der Waals surface area contributed by atoms with Crippen LogP contribution in [0.2, 0.25) is 0 Å².